The zero-order valence-electron chi connectivity index (χ0n) is 9.44. The number of hydrogen-bond acceptors (Lipinski definition) is 6. The maximum absolute atomic E-state index is 12.1. The number of nitrogens with zero attached hydrogens (tertiary/aromatic N) is 2. The fraction of sp³-hybridized carbons (Fsp3) is 0.222. The van der Waals surface area contributed by atoms with Crippen molar-refractivity contribution in [3.8, 4) is 6.07 Å². The molecule has 0 aliphatic carbocycles. The van der Waals surface area contributed by atoms with Gasteiger partial charge in [0.25, 0.3) is 10.0 Å². The van der Waals surface area contributed by atoms with Gasteiger partial charge in [0.2, 0.25) is 5.91 Å². The number of amides is 1. The van der Waals surface area contributed by atoms with Gasteiger partial charge in [-0.05, 0) is 12.1 Å². The SMILES string of the molecule is N#Cc1ccc(S(=O)(=O)N(CC(N)=O)CC(=O)O)s1. The molecule has 0 saturated heterocycles. The first-order valence-electron chi connectivity index (χ1n) is 4.77. The van der Waals surface area contributed by atoms with Crippen LogP contribution < -0.4 is 5.73 Å². The van der Waals surface area contributed by atoms with Crippen LogP contribution in [0.1, 0.15) is 4.88 Å². The van der Waals surface area contributed by atoms with Crippen LogP contribution in [-0.4, -0.2) is 42.8 Å². The average molecular weight is 303 g/mol. The summed E-state index contributed by atoms with van der Waals surface area (Å²) in [4.78, 5) is 21.6. The largest absolute Gasteiger partial charge is 0.480 e. The predicted octanol–water partition coefficient (Wildman–Crippen LogP) is -0.820. The molecule has 0 atom stereocenters. The molecule has 0 bridgehead atoms. The Labute approximate surface area is 112 Å². The van der Waals surface area contributed by atoms with E-state index >= 15 is 0 Å². The summed E-state index contributed by atoms with van der Waals surface area (Å²) >= 11 is 0.687. The summed E-state index contributed by atoms with van der Waals surface area (Å²) in [6, 6.07) is 4.23. The third-order valence-electron chi connectivity index (χ3n) is 1.93. The van der Waals surface area contributed by atoms with E-state index in [-0.39, 0.29) is 9.09 Å². The van der Waals surface area contributed by atoms with E-state index in [4.69, 9.17) is 16.1 Å². The van der Waals surface area contributed by atoms with Crippen LogP contribution >= 0.6 is 11.3 Å². The minimum absolute atomic E-state index is 0.160. The molecule has 3 N–H and O–H groups in total. The summed E-state index contributed by atoms with van der Waals surface area (Å²) in [5.41, 5.74) is 4.89. The lowest BCUT2D eigenvalue weighted by atomic mass is 10.5. The van der Waals surface area contributed by atoms with Gasteiger partial charge in [0, 0.05) is 0 Å². The predicted molar refractivity (Wildman–Crippen MR) is 64.6 cm³/mol. The van der Waals surface area contributed by atoms with Crippen LogP contribution in [0.5, 0.6) is 0 Å². The first-order chi connectivity index (χ1) is 8.77. The van der Waals surface area contributed by atoms with E-state index in [1.54, 1.807) is 6.07 Å². The molecule has 0 aliphatic rings. The molecular weight excluding hydrogens is 294 g/mol. The van der Waals surface area contributed by atoms with E-state index in [0.29, 0.717) is 15.6 Å². The molecule has 0 aromatic carbocycles. The number of nitrogens with two attached hydrogens (primary N) is 1. The lowest BCUT2D eigenvalue weighted by Gasteiger charge is -2.17. The summed E-state index contributed by atoms with van der Waals surface area (Å²) in [5, 5.41) is 17.3. The third-order valence-corrected chi connectivity index (χ3v) is 5.18. The van der Waals surface area contributed by atoms with Crippen LogP contribution in [0.4, 0.5) is 0 Å². The van der Waals surface area contributed by atoms with Crippen LogP contribution in [0.25, 0.3) is 0 Å². The van der Waals surface area contributed by atoms with Gasteiger partial charge in [0.05, 0.1) is 6.54 Å². The number of nitriles is 1. The average Bonchev–Trinajstić information content (AvgIpc) is 2.75. The minimum Gasteiger partial charge on any atom is -0.480 e. The normalized spacial score (nSPS) is 11.2. The summed E-state index contributed by atoms with van der Waals surface area (Å²) in [7, 11) is -4.16. The molecule has 0 radical (unpaired) electrons. The topological polar surface area (TPSA) is 142 Å². The highest BCUT2D eigenvalue weighted by Gasteiger charge is 2.29. The molecule has 19 heavy (non-hydrogen) atoms. The number of thiophene rings is 1. The monoisotopic (exact) mass is 303 g/mol. The highest BCUT2D eigenvalue weighted by atomic mass is 32.2. The Morgan fingerprint density at radius 2 is 2.05 bits per heavy atom. The first kappa shape index (κ1) is 15.1. The lowest BCUT2D eigenvalue weighted by molar-refractivity contribution is -0.137. The second-order valence-corrected chi connectivity index (χ2v) is 6.61. The fourth-order valence-corrected chi connectivity index (χ4v) is 3.81. The zero-order chi connectivity index (χ0) is 14.6. The Balaban J connectivity index is 3.15. The number of carboxylic acid groups (broad SMARTS) is 1. The van der Waals surface area contributed by atoms with E-state index in [2.05, 4.69) is 0 Å². The smallest absolute Gasteiger partial charge is 0.318 e. The second-order valence-electron chi connectivity index (χ2n) is 3.36. The maximum atomic E-state index is 12.1. The van der Waals surface area contributed by atoms with E-state index in [0.717, 1.165) is 0 Å². The van der Waals surface area contributed by atoms with Crippen molar-refractivity contribution in [2.24, 2.45) is 5.73 Å². The van der Waals surface area contributed by atoms with Crippen molar-refractivity contribution < 1.29 is 23.1 Å². The Hall–Kier alpha value is -1.96. The van der Waals surface area contributed by atoms with Gasteiger partial charge in [-0.1, -0.05) is 0 Å². The Bertz CT molecular complexity index is 627. The van der Waals surface area contributed by atoms with Gasteiger partial charge >= 0.3 is 5.97 Å². The molecule has 0 fully saturated rings. The standard InChI is InChI=1S/C9H9N3O5S2/c10-3-6-1-2-9(18-6)19(16,17)12(4-7(11)13)5-8(14)15/h1-2H,4-5H2,(H2,11,13)(H,14,15). The van der Waals surface area contributed by atoms with Crippen molar-refractivity contribution >= 4 is 33.2 Å². The van der Waals surface area contributed by atoms with Crippen molar-refractivity contribution in [2.75, 3.05) is 13.1 Å². The molecule has 0 unspecified atom stereocenters. The van der Waals surface area contributed by atoms with Crippen LogP contribution in [0, 0.1) is 11.3 Å². The third kappa shape index (κ3) is 3.75. The number of aliphatic carboxylic acids is 1. The molecule has 1 aromatic rings. The number of carbonyl (C=O) groups is 2. The molecule has 0 spiro atoms. The number of hydrogen-bond donors (Lipinski definition) is 2. The van der Waals surface area contributed by atoms with Crippen molar-refractivity contribution in [1.29, 1.82) is 5.26 Å². The van der Waals surface area contributed by atoms with Crippen LogP contribution in [0.3, 0.4) is 0 Å². The van der Waals surface area contributed by atoms with Crippen molar-refractivity contribution in [1.82, 2.24) is 4.31 Å². The second kappa shape index (κ2) is 5.79. The van der Waals surface area contributed by atoms with Gasteiger partial charge < -0.3 is 10.8 Å². The quantitative estimate of drug-likeness (QED) is 0.703. The van der Waals surface area contributed by atoms with Gasteiger partial charge in [-0.15, -0.1) is 11.3 Å². The van der Waals surface area contributed by atoms with Gasteiger partial charge in [0.1, 0.15) is 21.7 Å². The number of sulfonamides is 1. The Morgan fingerprint density at radius 3 is 2.47 bits per heavy atom. The van der Waals surface area contributed by atoms with Gasteiger partial charge in [0.15, 0.2) is 0 Å². The van der Waals surface area contributed by atoms with Crippen LogP contribution in [-0.2, 0) is 19.6 Å². The Kier molecular flexibility index (Phi) is 4.60. The minimum atomic E-state index is -4.16. The lowest BCUT2D eigenvalue weighted by Crippen LogP contribution is -2.41. The van der Waals surface area contributed by atoms with Crippen molar-refractivity contribution in [2.45, 2.75) is 4.21 Å². The first-order valence-corrected chi connectivity index (χ1v) is 7.03. The van der Waals surface area contributed by atoms with Crippen LogP contribution in [0.15, 0.2) is 16.3 Å². The van der Waals surface area contributed by atoms with Crippen molar-refractivity contribution in [3.63, 3.8) is 0 Å². The van der Waals surface area contributed by atoms with Gasteiger partial charge in [-0.3, -0.25) is 9.59 Å². The molecule has 1 amide bonds. The number of primary amides is 1. The zero-order valence-corrected chi connectivity index (χ0v) is 11.1. The summed E-state index contributed by atoms with van der Waals surface area (Å²) in [6.07, 6.45) is 0. The highest BCUT2D eigenvalue weighted by molar-refractivity contribution is 7.91. The summed E-state index contributed by atoms with van der Waals surface area (Å²) < 4.78 is 24.4. The number of carboxylic acids is 1. The molecule has 1 heterocycles. The highest BCUT2D eigenvalue weighted by Crippen LogP contribution is 2.24. The molecule has 0 saturated carbocycles. The van der Waals surface area contributed by atoms with Gasteiger partial charge in [-0.2, -0.15) is 9.57 Å². The maximum Gasteiger partial charge on any atom is 0.318 e. The van der Waals surface area contributed by atoms with Crippen molar-refractivity contribution in [3.05, 3.63) is 17.0 Å². The molecular formula is C9H9N3O5S2. The molecule has 0 aliphatic heterocycles. The molecule has 1 rings (SSSR count). The van der Waals surface area contributed by atoms with Crippen LogP contribution in [0.2, 0.25) is 0 Å². The fourth-order valence-electron chi connectivity index (χ4n) is 1.20. The van der Waals surface area contributed by atoms with E-state index in [1.165, 1.54) is 12.1 Å². The van der Waals surface area contributed by atoms with E-state index < -0.39 is 35.0 Å². The molecule has 10 heteroatoms. The summed E-state index contributed by atoms with van der Waals surface area (Å²) in [6.45, 7) is -1.63. The number of carbonyl (C=O) groups excluding carboxylic acids is 1. The summed E-state index contributed by atoms with van der Waals surface area (Å²) in [5.74, 6) is -2.39. The van der Waals surface area contributed by atoms with E-state index in [1.807, 2.05) is 0 Å². The Morgan fingerprint density at radius 1 is 1.42 bits per heavy atom. The molecule has 102 valence electrons. The molecule has 1 aromatic heterocycles. The number of rotatable bonds is 6. The van der Waals surface area contributed by atoms with Gasteiger partial charge in [-0.25, -0.2) is 8.42 Å². The molecule has 8 nitrogen and oxygen atoms in total. The van der Waals surface area contributed by atoms with E-state index in [9.17, 15) is 18.0 Å².